The molecule has 0 aromatic heterocycles. The van der Waals surface area contributed by atoms with E-state index in [2.05, 4.69) is 14.6 Å². The molecule has 0 rings (SSSR count). The van der Waals surface area contributed by atoms with Gasteiger partial charge >= 0.3 is 18.4 Å². The van der Waals surface area contributed by atoms with E-state index < -0.39 is 5.97 Å². The number of hydrogen-bond donors (Lipinski definition) is 1. The van der Waals surface area contributed by atoms with Crippen molar-refractivity contribution in [2.75, 3.05) is 0 Å². The third-order valence-electron chi connectivity index (χ3n) is 3.99. The molecule has 0 spiro atoms. The fraction of sp³-hybridized carbons (Fsp3) is 0.944. The van der Waals surface area contributed by atoms with Gasteiger partial charge in [0, 0.05) is 6.42 Å². The van der Waals surface area contributed by atoms with Gasteiger partial charge in [-0.05, 0) is 6.42 Å². The third kappa shape index (κ3) is 24.4. The van der Waals surface area contributed by atoms with Crippen LogP contribution in [0.1, 0.15) is 110 Å². The fourth-order valence-corrected chi connectivity index (χ4v) is 2.65. The molecule has 0 aliphatic heterocycles. The molecule has 0 aliphatic carbocycles. The molecule has 129 valence electrons. The van der Waals surface area contributed by atoms with Crippen molar-refractivity contribution >= 4 is 13.7 Å². The van der Waals surface area contributed by atoms with Gasteiger partial charge in [0.2, 0.25) is 0 Å². The number of carboxylic acids is 1. The summed E-state index contributed by atoms with van der Waals surface area (Å²) in [5.74, 6) is -0.653. The van der Waals surface area contributed by atoms with Gasteiger partial charge in [0.1, 0.15) is 0 Å². The van der Waals surface area contributed by atoms with Gasteiger partial charge in [-0.2, -0.15) is 0 Å². The molecule has 0 atom stereocenters. The maximum atomic E-state index is 10.3. The van der Waals surface area contributed by atoms with E-state index in [1.807, 2.05) is 0 Å². The van der Waals surface area contributed by atoms with Crippen LogP contribution in [-0.4, -0.2) is 18.8 Å². The topological polar surface area (TPSA) is 54.4 Å². The Balaban J connectivity index is 0. The summed E-state index contributed by atoms with van der Waals surface area (Å²) in [6.45, 7) is 2.27. The molecule has 0 amide bonds. The number of carbonyl (C=O) groups is 1. The molecule has 0 fully saturated rings. The van der Waals surface area contributed by atoms with Crippen molar-refractivity contribution in [2.45, 2.75) is 110 Å². The first-order valence-corrected chi connectivity index (χ1v) is 9.22. The van der Waals surface area contributed by atoms with E-state index in [1.54, 1.807) is 0 Å². The molecule has 0 saturated heterocycles. The van der Waals surface area contributed by atoms with Crippen LogP contribution in [0.25, 0.3) is 0 Å². The van der Waals surface area contributed by atoms with Crippen molar-refractivity contribution in [1.29, 1.82) is 0 Å². The number of aliphatic carboxylic acids is 1. The van der Waals surface area contributed by atoms with E-state index in [1.165, 1.54) is 83.5 Å². The zero-order chi connectivity index (χ0) is 16.9. The zero-order valence-corrected chi connectivity index (χ0v) is 14.7. The predicted octanol–water partition coefficient (Wildman–Crippen LogP) is 5.83. The Morgan fingerprint density at radius 3 is 1.18 bits per heavy atom. The number of rotatable bonds is 16. The normalized spacial score (nSPS) is 10.0. The standard InChI is InChI=1S/C18H36O2.BO/c1-2-3-4-5-6-7-8-9-10-11-12-13-14-15-16-17-18(19)20;1-2/h2-17H2,1H3,(H,19,20);. The van der Waals surface area contributed by atoms with Crippen LogP contribution >= 0.6 is 0 Å². The monoisotopic (exact) mass is 311 g/mol. The first-order valence-electron chi connectivity index (χ1n) is 9.22. The van der Waals surface area contributed by atoms with E-state index in [9.17, 15) is 4.79 Å². The van der Waals surface area contributed by atoms with E-state index in [4.69, 9.17) is 9.81 Å². The summed E-state index contributed by atoms with van der Waals surface area (Å²) in [6.07, 6.45) is 20.2. The van der Waals surface area contributed by atoms with Gasteiger partial charge in [0.05, 0.1) is 0 Å². The van der Waals surface area contributed by atoms with E-state index >= 15 is 0 Å². The van der Waals surface area contributed by atoms with Crippen LogP contribution in [0, 0.1) is 0 Å². The molecule has 0 heterocycles. The van der Waals surface area contributed by atoms with Crippen LogP contribution in [0.15, 0.2) is 0 Å². The van der Waals surface area contributed by atoms with Crippen molar-refractivity contribution in [3.05, 3.63) is 0 Å². The van der Waals surface area contributed by atoms with Crippen LogP contribution in [0.2, 0.25) is 0 Å². The maximum absolute atomic E-state index is 10.3. The van der Waals surface area contributed by atoms with Gasteiger partial charge in [0.25, 0.3) is 0 Å². The summed E-state index contributed by atoms with van der Waals surface area (Å²) < 4.78 is 7.75. The third-order valence-corrected chi connectivity index (χ3v) is 3.99. The molecule has 0 aliphatic rings. The summed E-state index contributed by atoms with van der Waals surface area (Å²) in [5.41, 5.74) is 0. The van der Waals surface area contributed by atoms with Crippen molar-refractivity contribution < 1.29 is 14.6 Å². The summed E-state index contributed by atoms with van der Waals surface area (Å²) in [6, 6.07) is 0. The van der Waals surface area contributed by atoms with Crippen LogP contribution in [-0.2, 0) is 9.50 Å². The average molecular weight is 311 g/mol. The molecule has 4 heteroatoms. The van der Waals surface area contributed by atoms with Gasteiger partial charge < -0.3 is 5.11 Å². The van der Waals surface area contributed by atoms with Gasteiger partial charge in [-0.15, -0.1) is 0 Å². The zero-order valence-electron chi connectivity index (χ0n) is 14.7. The average Bonchev–Trinajstić information content (AvgIpc) is 2.53. The Morgan fingerprint density at radius 2 is 0.909 bits per heavy atom. The quantitative estimate of drug-likeness (QED) is 0.288. The van der Waals surface area contributed by atoms with E-state index in [-0.39, 0.29) is 0 Å². The van der Waals surface area contributed by atoms with Crippen molar-refractivity contribution in [1.82, 2.24) is 0 Å². The molecule has 3 nitrogen and oxygen atoms in total. The Labute approximate surface area is 138 Å². The Hall–Kier alpha value is -0.665. The van der Waals surface area contributed by atoms with Crippen LogP contribution in [0.3, 0.4) is 0 Å². The summed E-state index contributed by atoms with van der Waals surface area (Å²) in [7, 11) is 3.25. The molecule has 22 heavy (non-hydrogen) atoms. The Kier molecular flexibility index (Phi) is 24.3. The van der Waals surface area contributed by atoms with Crippen LogP contribution in [0.5, 0.6) is 0 Å². The molecule has 0 unspecified atom stereocenters. The fourth-order valence-electron chi connectivity index (χ4n) is 2.65. The first-order chi connectivity index (χ1) is 10.8. The second kappa shape index (κ2) is 22.6. The first kappa shape index (κ1) is 23.6. The van der Waals surface area contributed by atoms with Gasteiger partial charge in [-0.1, -0.05) is 96.8 Å². The molecular formula is C18H36BO3. The number of unbranched alkanes of at least 4 members (excludes halogenated alkanes) is 14. The predicted molar refractivity (Wildman–Crippen MR) is 93.6 cm³/mol. The van der Waals surface area contributed by atoms with Crippen LogP contribution < -0.4 is 0 Å². The van der Waals surface area contributed by atoms with Gasteiger partial charge in [-0.3, -0.25) is 4.79 Å². The minimum atomic E-state index is -0.653. The van der Waals surface area contributed by atoms with E-state index in [0.717, 1.165) is 12.8 Å². The molecule has 1 N–H and O–H groups in total. The van der Waals surface area contributed by atoms with Crippen molar-refractivity contribution in [3.63, 3.8) is 0 Å². The molecule has 0 aromatic rings. The Morgan fingerprint density at radius 1 is 0.636 bits per heavy atom. The summed E-state index contributed by atoms with van der Waals surface area (Å²) >= 11 is 0. The molecule has 0 bridgehead atoms. The SMILES string of the molecule is CCCCCCCCCCCCCCCCCC(=O)O.[B]=O. The van der Waals surface area contributed by atoms with Gasteiger partial charge in [-0.25, -0.2) is 0 Å². The van der Waals surface area contributed by atoms with E-state index in [0.29, 0.717) is 6.42 Å². The molecule has 1 radical (unpaired) electrons. The van der Waals surface area contributed by atoms with Crippen molar-refractivity contribution in [3.8, 4) is 0 Å². The number of hydrogen-bond acceptors (Lipinski definition) is 2. The van der Waals surface area contributed by atoms with Gasteiger partial charge in [0.15, 0.2) is 0 Å². The molecular weight excluding hydrogens is 275 g/mol. The second-order valence-electron chi connectivity index (χ2n) is 6.09. The second-order valence-corrected chi connectivity index (χ2v) is 6.09. The minimum absolute atomic E-state index is 0.345. The van der Waals surface area contributed by atoms with Crippen molar-refractivity contribution in [2.24, 2.45) is 0 Å². The summed E-state index contributed by atoms with van der Waals surface area (Å²) in [5, 5.41) is 8.52. The Bertz CT molecular complexity index is 222. The molecule has 0 saturated carbocycles. The summed E-state index contributed by atoms with van der Waals surface area (Å²) in [4.78, 5) is 10.3. The number of carboxylic acid groups (broad SMARTS) is 1. The molecule has 0 aromatic carbocycles. The van der Waals surface area contributed by atoms with Crippen LogP contribution in [0.4, 0.5) is 0 Å².